The summed E-state index contributed by atoms with van der Waals surface area (Å²) in [7, 11) is 1.67. The number of carbonyl (C=O) groups is 1. The zero-order valence-corrected chi connectivity index (χ0v) is 15.6. The fourth-order valence-corrected chi connectivity index (χ4v) is 3.81. The minimum atomic E-state index is -0.527. The van der Waals surface area contributed by atoms with Crippen LogP contribution in [-0.2, 0) is 9.53 Å². The van der Waals surface area contributed by atoms with Crippen LogP contribution in [0.15, 0.2) is 24.3 Å². The van der Waals surface area contributed by atoms with Gasteiger partial charge in [-0.2, -0.15) is 0 Å². The molecule has 1 atom stereocenters. The highest BCUT2D eigenvalue weighted by atomic mass is 127. The van der Waals surface area contributed by atoms with E-state index in [0.717, 1.165) is 19.3 Å². The third kappa shape index (κ3) is 6.23. The van der Waals surface area contributed by atoms with Crippen molar-refractivity contribution in [2.24, 2.45) is 5.41 Å². The highest BCUT2D eigenvalue weighted by Crippen LogP contribution is 2.32. The van der Waals surface area contributed by atoms with Gasteiger partial charge in [-0.15, -0.1) is 0 Å². The normalized spacial score (nSPS) is 17.9. The Morgan fingerprint density at radius 3 is 2.43 bits per heavy atom. The fourth-order valence-electron chi connectivity index (χ4n) is 2.79. The van der Waals surface area contributed by atoms with Crippen LogP contribution in [0.1, 0.15) is 58.3 Å². The number of alkyl halides is 1. The third-order valence-electron chi connectivity index (χ3n) is 4.04. The lowest BCUT2D eigenvalue weighted by Gasteiger charge is -2.29. The lowest BCUT2D eigenvalue weighted by molar-refractivity contribution is -0.125. The maximum Gasteiger partial charge on any atom is 0.161 e. The highest BCUT2D eigenvalue weighted by molar-refractivity contribution is 14.1. The Bertz CT molecular complexity index is 348. The molecule has 0 bridgehead atoms. The van der Waals surface area contributed by atoms with Crippen molar-refractivity contribution in [2.75, 3.05) is 13.7 Å². The predicted octanol–water partition coefficient (Wildman–Crippen LogP) is 5.26. The van der Waals surface area contributed by atoms with Crippen LogP contribution in [0.3, 0.4) is 0 Å². The standard InChI is InChI=1S/C18H29IO2/c1-3-4-5-6-7-9-12-16(19)17(20)18(15-21-2)13-10-8-11-14-18/h10-11,13-14,16H,3-9,12,15H2,1-2H3. The van der Waals surface area contributed by atoms with E-state index in [-0.39, 0.29) is 3.92 Å². The van der Waals surface area contributed by atoms with Gasteiger partial charge in [0, 0.05) is 7.11 Å². The van der Waals surface area contributed by atoms with E-state index >= 15 is 0 Å². The molecule has 21 heavy (non-hydrogen) atoms. The Kier molecular flexibility index (Phi) is 9.49. The molecule has 3 heteroatoms. The molecule has 0 aliphatic heterocycles. The second-order valence-electron chi connectivity index (χ2n) is 5.90. The van der Waals surface area contributed by atoms with Crippen LogP contribution in [0.4, 0.5) is 0 Å². The molecule has 0 saturated carbocycles. The molecule has 0 N–H and O–H groups in total. The summed E-state index contributed by atoms with van der Waals surface area (Å²) in [4.78, 5) is 12.8. The highest BCUT2D eigenvalue weighted by Gasteiger charge is 2.37. The number of allylic oxidation sites excluding steroid dienone is 2. The lowest BCUT2D eigenvalue weighted by atomic mass is 9.79. The molecule has 1 rings (SSSR count). The van der Waals surface area contributed by atoms with E-state index in [9.17, 15) is 4.79 Å². The molecule has 1 aliphatic rings. The molecule has 1 aliphatic carbocycles. The van der Waals surface area contributed by atoms with Crippen LogP contribution in [0.25, 0.3) is 0 Å². The van der Waals surface area contributed by atoms with Gasteiger partial charge in [-0.3, -0.25) is 4.79 Å². The van der Waals surface area contributed by atoms with Crippen molar-refractivity contribution < 1.29 is 9.53 Å². The zero-order chi connectivity index (χ0) is 15.6. The molecule has 0 spiro atoms. The van der Waals surface area contributed by atoms with E-state index in [0.29, 0.717) is 12.4 Å². The molecule has 0 aromatic carbocycles. The number of halogens is 1. The summed E-state index contributed by atoms with van der Waals surface area (Å²) >= 11 is 2.32. The average Bonchev–Trinajstić information content (AvgIpc) is 2.51. The quantitative estimate of drug-likeness (QED) is 0.203. The molecule has 0 aromatic heterocycles. The van der Waals surface area contributed by atoms with Gasteiger partial charge >= 0.3 is 0 Å². The number of rotatable bonds is 11. The SMILES string of the molecule is CCCCCCCCC(I)C(=O)C1(COC)C=CCC=C1. The van der Waals surface area contributed by atoms with E-state index < -0.39 is 5.41 Å². The number of carbonyl (C=O) groups excluding carboxylic acids is 1. The maximum absolute atomic E-state index is 12.8. The summed E-state index contributed by atoms with van der Waals surface area (Å²) in [5.74, 6) is 0.297. The van der Waals surface area contributed by atoms with Crippen LogP contribution < -0.4 is 0 Å². The van der Waals surface area contributed by atoms with Gasteiger partial charge in [-0.25, -0.2) is 0 Å². The first-order valence-electron chi connectivity index (χ1n) is 8.19. The first-order chi connectivity index (χ1) is 10.2. The Balaban J connectivity index is 2.42. The molecular formula is C18H29IO2. The van der Waals surface area contributed by atoms with E-state index in [1.807, 2.05) is 12.2 Å². The number of ether oxygens (including phenoxy) is 1. The van der Waals surface area contributed by atoms with E-state index in [1.54, 1.807) is 7.11 Å². The molecule has 120 valence electrons. The third-order valence-corrected chi connectivity index (χ3v) is 5.23. The van der Waals surface area contributed by atoms with Gasteiger partial charge in [-0.1, -0.05) is 92.3 Å². The largest absolute Gasteiger partial charge is 0.383 e. The van der Waals surface area contributed by atoms with Crippen molar-refractivity contribution in [1.29, 1.82) is 0 Å². The number of ketones is 1. The van der Waals surface area contributed by atoms with Crippen LogP contribution in [0.5, 0.6) is 0 Å². The average molecular weight is 404 g/mol. The number of methoxy groups -OCH3 is 1. The minimum absolute atomic E-state index is 0.0799. The monoisotopic (exact) mass is 404 g/mol. The van der Waals surface area contributed by atoms with E-state index in [1.165, 1.54) is 32.1 Å². The number of hydrogen-bond donors (Lipinski definition) is 0. The molecule has 0 fully saturated rings. The number of unbranched alkanes of at least 4 members (excludes halogenated alkanes) is 5. The second-order valence-corrected chi connectivity index (χ2v) is 7.41. The van der Waals surface area contributed by atoms with Crippen molar-refractivity contribution in [1.82, 2.24) is 0 Å². The topological polar surface area (TPSA) is 26.3 Å². The van der Waals surface area contributed by atoms with Crippen LogP contribution in [-0.4, -0.2) is 23.4 Å². The smallest absolute Gasteiger partial charge is 0.161 e. The first-order valence-corrected chi connectivity index (χ1v) is 9.43. The molecule has 0 amide bonds. The zero-order valence-electron chi connectivity index (χ0n) is 13.4. The molecule has 2 nitrogen and oxygen atoms in total. The van der Waals surface area contributed by atoms with Gasteiger partial charge in [-0.05, 0) is 12.8 Å². The molecule has 0 saturated heterocycles. The molecule has 0 heterocycles. The molecule has 0 aromatic rings. The van der Waals surface area contributed by atoms with Gasteiger partial charge < -0.3 is 4.74 Å². The Hall–Kier alpha value is -0.160. The Morgan fingerprint density at radius 2 is 1.81 bits per heavy atom. The van der Waals surface area contributed by atoms with Crippen LogP contribution >= 0.6 is 22.6 Å². The lowest BCUT2D eigenvalue weighted by Crippen LogP contribution is -2.38. The number of hydrogen-bond acceptors (Lipinski definition) is 2. The van der Waals surface area contributed by atoms with Crippen molar-refractivity contribution >= 4 is 28.4 Å². The van der Waals surface area contributed by atoms with Gasteiger partial charge in [0.1, 0.15) is 0 Å². The Morgan fingerprint density at radius 1 is 1.19 bits per heavy atom. The van der Waals surface area contributed by atoms with Crippen molar-refractivity contribution in [3.63, 3.8) is 0 Å². The van der Waals surface area contributed by atoms with Gasteiger partial charge in [0.25, 0.3) is 0 Å². The summed E-state index contributed by atoms with van der Waals surface area (Å²) in [6, 6.07) is 0. The summed E-state index contributed by atoms with van der Waals surface area (Å²) in [6.45, 7) is 2.69. The van der Waals surface area contributed by atoms with Crippen molar-refractivity contribution in [2.45, 2.75) is 62.2 Å². The summed E-state index contributed by atoms with van der Waals surface area (Å²) in [5.41, 5.74) is -0.527. The first kappa shape index (κ1) is 18.9. The second kappa shape index (κ2) is 10.5. The van der Waals surface area contributed by atoms with E-state index in [4.69, 9.17) is 4.74 Å². The number of Topliss-reactive ketones (excluding diaryl/α,β-unsaturated/α-hetero) is 1. The fraction of sp³-hybridized carbons (Fsp3) is 0.722. The summed E-state index contributed by atoms with van der Waals surface area (Å²) < 4.78 is 5.38. The molecule has 0 radical (unpaired) electrons. The van der Waals surface area contributed by atoms with E-state index in [2.05, 4.69) is 41.7 Å². The van der Waals surface area contributed by atoms with Crippen LogP contribution in [0, 0.1) is 5.41 Å². The predicted molar refractivity (Wildman–Crippen MR) is 98.0 cm³/mol. The van der Waals surface area contributed by atoms with Gasteiger partial charge in [0.2, 0.25) is 0 Å². The van der Waals surface area contributed by atoms with Crippen molar-refractivity contribution in [3.05, 3.63) is 24.3 Å². The van der Waals surface area contributed by atoms with Gasteiger partial charge in [0.05, 0.1) is 15.9 Å². The van der Waals surface area contributed by atoms with Gasteiger partial charge in [0.15, 0.2) is 5.78 Å². The van der Waals surface area contributed by atoms with Crippen molar-refractivity contribution in [3.8, 4) is 0 Å². The molecular weight excluding hydrogens is 375 g/mol. The van der Waals surface area contributed by atoms with Crippen LogP contribution in [0.2, 0.25) is 0 Å². The molecule has 1 unspecified atom stereocenters. The Labute approximate surface area is 143 Å². The minimum Gasteiger partial charge on any atom is -0.383 e. The maximum atomic E-state index is 12.8. The summed E-state index contributed by atoms with van der Waals surface area (Å²) in [6.07, 6.45) is 17.8. The summed E-state index contributed by atoms with van der Waals surface area (Å²) in [5, 5.41) is 0.